The first-order chi connectivity index (χ1) is 8.82. The predicted molar refractivity (Wildman–Crippen MR) is 78.1 cm³/mol. The van der Waals surface area contributed by atoms with E-state index in [4.69, 9.17) is 5.26 Å². The zero-order valence-corrected chi connectivity index (χ0v) is 13.6. The molecular formula is C13H17BrN2O2S. The highest BCUT2D eigenvalue weighted by atomic mass is 79.9. The van der Waals surface area contributed by atoms with E-state index >= 15 is 0 Å². The van der Waals surface area contributed by atoms with Gasteiger partial charge in [-0.3, -0.25) is 0 Å². The molecule has 0 N–H and O–H groups in total. The number of benzene rings is 1. The lowest BCUT2D eigenvalue weighted by Gasteiger charge is -2.22. The quantitative estimate of drug-likeness (QED) is 0.824. The SMILES string of the molecule is CCN(C[C@@H](C)C#N)S(=O)(=O)c1ccc(C)cc1Br. The predicted octanol–water partition coefficient (Wildman–Crippen LogP) is 2.93. The van der Waals surface area contributed by atoms with Gasteiger partial charge in [0, 0.05) is 17.6 Å². The molecule has 0 radical (unpaired) electrons. The summed E-state index contributed by atoms with van der Waals surface area (Å²) < 4.78 is 26.9. The molecule has 0 saturated heterocycles. The average Bonchev–Trinajstić information content (AvgIpc) is 2.34. The van der Waals surface area contributed by atoms with Crippen LogP contribution >= 0.6 is 15.9 Å². The zero-order valence-electron chi connectivity index (χ0n) is 11.2. The van der Waals surface area contributed by atoms with Crippen molar-refractivity contribution >= 4 is 26.0 Å². The lowest BCUT2D eigenvalue weighted by atomic mass is 10.2. The van der Waals surface area contributed by atoms with Gasteiger partial charge in [-0.1, -0.05) is 13.0 Å². The minimum Gasteiger partial charge on any atom is -0.207 e. The number of aryl methyl sites for hydroxylation is 1. The van der Waals surface area contributed by atoms with E-state index in [9.17, 15) is 8.42 Å². The van der Waals surface area contributed by atoms with Gasteiger partial charge in [0.25, 0.3) is 0 Å². The van der Waals surface area contributed by atoms with E-state index in [-0.39, 0.29) is 17.4 Å². The summed E-state index contributed by atoms with van der Waals surface area (Å²) in [4.78, 5) is 0.241. The van der Waals surface area contributed by atoms with Crippen LogP contribution in [0, 0.1) is 24.2 Å². The second-order valence-electron chi connectivity index (χ2n) is 4.42. The van der Waals surface area contributed by atoms with E-state index in [2.05, 4.69) is 22.0 Å². The van der Waals surface area contributed by atoms with Crippen LogP contribution in [-0.2, 0) is 10.0 Å². The van der Waals surface area contributed by atoms with Crippen molar-refractivity contribution in [2.24, 2.45) is 5.92 Å². The molecule has 0 bridgehead atoms. The van der Waals surface area contributed by atoms with E-state index < -0.39 is 10.0 Å². The van der Waals surface area contributed by atoms with Crippen molar-refractivity contribution in [3.63, 3.8) is 0 Å². The molecule has 0 aliphatic rings. The van der Waals surface area contributed by atoms with Crippen LogP contribution in [0.1, 0.15) is 19.4 Å². The number of nitrogens with zero attached hydrogens (tertiary/aromatic N) is 2. The lowest BCUT2D eigenvalue weighted by Crippen LogP contribution is -2.34. The molecule has 1 aromatic rings. The average molecular weight is 345 g/mol. The third-order valence-corrected chi connectivity index (χ3v) is 5.67. The molecule has 1 atom stereocenters. The van der Waals surface area contributed by atoms with Crippen LogP contribution in [-0.4, -0.2) is 25.8 Å². The van der Waals surface area contributed by atoms with Crippen LogP contribution in [0.5, 0.6) is 0 Å². The maximum absolute atomic E-state index is 12.5. The Kier molecular flexibility index (Phi) is 5.53. The summed E-state index contributed by atoms with van der Waals surface area (Å²) in [5.41, 5.74) is 0.985. The van der Waals surface area contributed by atoms with Gasteiger partial charge in [-0.15, -0.1) is 0 Å². The Morgan fingerprint density at radius 3 is 2.58 bits per heavy atom. The topological polar surface area (TPSA) is 61.2 Å². The van der Waals surface area contributed by atoms with Gasteiger partial charge in [0.15, 0.2) is 0 Å². The molecule has 104 valence electrons. The Balaban J connectivity index is 3.18. The van der Waals surface area contributed by atoms with Crippen LogP contribution in [0.3, 0.4) is 0 Å². The lowest BCUT2D eigenvalue weighted by molar-refractivity contribution is 0.399. The summed E-state index contributed by atoms with van der Waals surface area (Å²) in [6.45, 7) is 5.92. The second kappa shape index (κ2) is 6.51. The fraction of sp³-hybridized carbons (Fsp3) is 0.462. The molecule has 0 aromatic heterocycles. The van der Waals surface area contributed by atoms with E-state index in [1.54, 1.807) is 32.0 Å². The highest BCUT2D eigenvalue weighted by Gasteiger charge is 2.26. The van der Waals surface area contributed by atoms with E-state index in [0.29, 0.717) is 11.0 Å². The van der Waals surface area contributed by atoms with Gasteiger partial charge in [0.2, 0.25) is 10.0 Å². The van der Waals surface area contributed by atoms with Gasteiger partial charge in [0.1, 0.15) is 0 Å². The Morgan fingerprint density at radius 2 is 2.11 bits per heavy atom. The first-order valence-electron chi connectivity index (χ1n) is 5.98. The number of halogens is 1. The number of sulfonamides is 1. The molecule has 0 fully saturated rings. The maximum atomic E-state index is 12.5. The molecule has 0 unspecified atom stereocenters. The fourth-order valence-electron chi connectivity index (χ4n) is 1.70. The summed E-state index contributed by atoms with van der Waals surface area (Å²) in [7, 11) is -3.57. The van der Waals surface area contributed by atoms with Gasteiger partial charge in [-0.2, -0.15) is 9.57 Å². The van der Waals surface area contributed by atoms with Gasteiger partial charge in [0.05, 0.1) is 16.9 Å². The third kappa shape index (κ3) is 3.78. The number of nitriles is 1. The molecule has 0 amide bonds. The Labute approximate surface area is 123 Å². The molecule has 0 aliphatic heterocycles. The van der Waals surface area contributed by atoms with Crippen molar-refractivity contribution in [1.29, 1.82) is 5.26 Å². The number of hydrogen-bond acceptors (Lipinski definition) is 3. The molecule has 6 heteroatoms. The molecule has 0 aliphatic carbocycles. The molecule has 1 aromatic carbocycles. The monoisotopic (exact) mass is 344 g/mol. The summed E-state index contributed by atoms with van der Waals surface area (Å²) in [6, 6.07) is 7.19. The van der Waals surface area contributed by atoms with Crippen molar-refractivity contribution < 1.29 is 8.42 Å². The summed E-state index contributed by atoms with van der Waals surface area (Å²) in [5.74, 6) is -0.334. The molecule has 4 nitrogen and oxygen atoms in total. The van der Waals surface area contributed by atoms with Crippen LogP contribution in [0.25, 0.3) is 0 Å². The highest BCUT2D eigenvalue weighted by Crippen LogP contribution is 2.26. The van der Waals surface area contributed by atoms with Crippen molar-refractivity contribution in [3.8, 4) is 6.07 Å². The Morgan fingerprint density at radius 1 is 1.47 bits per heavy atom. The number of rotatable bonds is 5. The summed E-state index contributed by atoms with van der Waals surface area (Å²) >= 11 is 3.29. The standard InChI is InChI=1S/C13H17BrN2O2S/c1-4-16(9-11(3)8-15)19(17,18)13-6-5-10(2)7-12(13)14/h5-7,11H,4,9H2,1-3H3/t11-/m0/s1. The van der Waals surface area contributed by atoms with Gasteiger partial charge in [-0.05, 0) is 47.5 Å². The number of hydrogen-bond donors (Lipinski definition) is 0. The van der Waals surface area contributed by atoms with Gasteiger partial charge in [-0.25, -0.2) is 8.42 Å². The first kappa shape index (κ1) is 16.2. The molecule has 0 heterocycles. The molecular weight excluding hydrogens is 328 g/mol. The summed E-state index contributed by atoms with van der Waals surface area (Å²) in [6.07, 6.45) is 0. The Bertz CT molecular complexity index is 593. The van der Waals surface area contributed by atoms with Crippen LogP contribution in [0.15, 0.2) is 27.6 Å². The molecule has 1 rings (SSSR count). The first-order valence-corrected chi connectivity index (χ1v) is 8.22. The Hall–Kier alpha value is -0.900. The fourth-order valence-corrected chi connectivity index (χ4v) is 4.39. The second-order valence-corrected chi connectivity index (χ2v) is 7.18. The largest absolute Gasteiger partial charge is 0.244 e. The smallest absolute Gasteiger partial charge is 0.207 e. The highest BCUT2D eigenvalue weighted by molar-refractivity contribution is 9.10. The maximum Gasteiger partial charge on any atom is 0.244 e. The van der Waals surface area contributed by atoms with E-state index in [1.165, 1.54) is 4.31 Å². The third-order valence-electron chi connectivity index (χ3n) is 2.76. The van der Waals surface area contributed by atoms with Crippen LogP contribution in [0.2, 0.25) is 0 Å². The summed E-state index contributed by atoms with van der Waals surface area (Å²) in [5, 5.41) is 8.83. The van der Waals surface area contributed by atoms with Gasteiger partial charge >= 0.3 is 0 Å². The van der Waals surface area contributed by atoms with E-state index in [0.717, 1.165) is 5.56 Å². The van der Waals surface area contributed by atoms with Crippen molar-refractivity contribution in [3.05, 3.63) is 28.2 Å². The van der Waals surface area contributed by atoms with Crippen LogP contribution in [0.4, 0.5) is 0 Å². The van der Waals surface area contributed by atoms with E-state index in [1.807, 2.05) is 6.92 Å². The van der Waals surface area contributed by atoms with Gasteiger partial charge < -0.3 is 0 Å². The molecule has 0 saturated carbocycles. The molecule has 19 heavy (non-hydrogen) atoms. The van der Waals surface area contributed by atoms with Crippen molar-refractivity contribution in [2.45, 2.75) is 25.7 Å². The normalized spacial score (nSPS) is 13.3. The zero-order chi connectivity index (χ0) is 14.6. The van der Waals surface area contributed by atoms with Crippen LogP contribution < -0.4 is 0 Å². The minimum atomic E-state index is -3.57. The van der Waals surface area contributed by atoms with Crippen molar-refractivity contribution in [2.75, 3.05) is 13.1 Å². The molecule has 0 spiro atoms. The minimum absolute atomic E-state index is 0.204. The van der Waals surface area contributed by atoms with Crippen molar-refractivity contribution in [1.82, 2.24) is 4.31 Å².